The lowest BCUT2D eigenvalue weighted by Gasteiger charge is -2.10. The number of aryl methyl sites for hydroxylation is 1. The van der Waals surface area contributed by atoms with Crippen LogP contribution in [0.25, 0.3) is 0 Å². The lowest BCUT2D eigenvalue weighted by atomic mass is 10.1. The fourth-order valence-corrected chi connectivity index (χ4v) is 1.86. The zero-order chi connectivity index (χ0) is 12.3. The van der Waals surface area contributed by atoms with E-state index in [2.05, 4.69) is 10.7 Å². The monoisotopic (exact) mass is 233 g/mol. The molecule has 0 saturated heterocycles. The highest BCUT2D eigenvalue weighted by atomic mass is 16.1. The van der Waals surface area contributed by atoms with E-state index in [-0.39, 0.29) is 5.91 Å². The number of rotatable bonds is 5. The van der Waals surface area contributed by atoms with Crippen LogP contribution in [0.3, 0.4) is 0 Å². The van der Waals surface area contributed by atoms with E-state index in [9.17, 15) is 4.79 Å². The molecule has 4 nitrogen and oxygen atoms in total. The molecule has 1 saturated carbocycles. The number of hydrogen-bond donors (Lipinski definition) is 3. The lowest BCUT2D eigenvalue weighted by molar-refractivity contribution is 0.0953. The summed E-state index contributed by atoms with van der Waals surface area (Å²) in [5.41, 5.74) is 4.89. The molecule has 92 valence electrons. The highest BCUT2D eigenvalue weighted by Crippen LogP contribution is 2.31. The quantitative estimate of drug-likeness (QED) is 0.536. The fraction of sp³-hybridized carbons (Fsp3) is 0.462. The van der Waals surface area contributed by atoms with Crippen LogP contribution in [-0.4, -0.2) is 12.5 Å². The van der Waals surface area contributed by atoms with E-state index >= 15 is 0 Å². The Balaban J connectivity index is 1.98. The molecule has 0 heterocycles. The molecule has 1 amide bonds. The summed E-state index contributed by atoms with van der Waals surface area (Å²) in [6.07, 6.45) is 3.72. The van der Waals surface area contributed by atoms with Gasteiger partial charge in [-0.15, -0.1) is 0 Å². The van der Waals surface area contributed by atoms with Crippen LogP contribution >= 0.6 is 0 Å². The average Bonchev–Trinajstić information content (AvgIpc) is 3.13. The number of carbonyl (C=O) groups excluding carboxylic acids is 1. The van der Waals surface area contributed by atoms with Gasteiger partial charge in [-0.3, -0.25) is 10.6 Å². The van der Waals surface area contributed by atoms with Crippen LogP contribution in [0.2, 0.25) is 0 Å². The van der Waals surface area contributed by atoms with Crippen LogP contribution in [0.5, 0.6) is 0 Å². The lowest BCUT2D eigenvalue weighted by Crippen LogP contribution is -2.26. The van der Waals surface area contributed by atoms with E-state index in [4.69, 9.17) is 5.84 Å². The van der Waals surface area contributed by atoms with E-state index in [1.165, 1.54) is 12.8 Å². The van der Waals surface area contributed by atoms with Crippen molar-refractivity contribution >= 4 is 11.6 Å². The Morgan fingerprint density at radius 3 is 2.88 bits per heavy atom. The Kier molecular flexibility index (Phi) is 3.64. The van der Waals surface area contributed by atoms with Gasteiger partial charge in [-0.05, 0) is 31.4 Å². The molecule has 4 heteroatoms. The minimum atomic E-state index is -0.0534. The van der Waals surface area contributed by atoms with Crippen molar-refractivity contribution in [3.05, 3.63) is 29.3 Å². The third-order valence-electron chi connectivity index (χ3n) is 3.11. The van der Waals surface area contributed by atoms with E-state index in [1.807, 2.05) is 25.1 Å². The first-order chi connectivity index (χ1) is 8.20. The van der Waals surface area contributed by atoms with E-state index in [0.717, 1.165) is 24.4 Å². The van der Waals surface area contributed by atoms with Gasteiger partial charge in [-0.25, -0.2) is 0 Å². The summed E-state index contributed by atoms with van der Waals surface area (Å²) in [6.45, 7) is 2.71. The number of nitrogen functional groups attached to an aromatic ring is 1. The molecule has 1 aromatic carbocycles. The van der Waals surface area contributed by atoms with Crippen molar-refractivity contribution in [2.45, 2.75) is 26.2 Å². The summed E-state index contributed by atoms with van der Waals surface area (Å²) in [5.74, 6) is 6.18. The molecule has 0 unspecified atom stereocenters. The molecule has 0 aromatic heterocycles. The number of hydrazine groups is 1. The predicted octanol–water partition coefficient (Wildman–Crippen LogP) is 1.81. The first-order valence-electron chi connectivity index (χ1n) is 6.06. The maximum atomic E-state index is 12.0. The summed E-state index contributed by atoms with van der Waals surface area (Å²) >= 11 is 0. The molecule has 4 N–H and O–H groups in total. The molecule has 0 aliphatic heterocycles. The van der Waals surface area contributed by atoms with Gasteiger partial charge in [0.1, 0.15) is 0 Å². The van der Waals surface area contributed by atoms with Crippen molar-refractivity contribution < 1.29 is 4.79 Å². The Hall–Kier alpha value is -1.55. The number of amides is 1. The normalized spacial score (nSPS) is 14.5. The molecule has 0 bridgehead atoms. The van der Waals surface area contributed by atoms with Gasteiger partial charge in [0.25, 0.3) is 5.91 Å². The van der Waals surface area contributed by atoms with Gasteiger partial charge in [0.05, 0.1) is 11.3 Å². The summed E-state index contributed by atoms with van der Waals surface area (Å²) < 4.78 is 0. The fourth-order valence-electron chi connectivity index (χ4n) is 1.86. The Morgan fingerprint density at radius 1 is 1.47 bits per heavy atom. The third kappa shape index (κ3) is 3.20. The number of carbonyl (C=O) groups is 1. The average molecular weight is 233 g/mol. The van der Waals surface area contributed by atoms with Crippen LogP contribution in [0.4, 0.5) is 5.69 Å². The molecule has 17 heavy (non-hydrogen) atoms. The topological polar surface area (TPSA) is 67.1 Å². The highest BCUT2D eigenvalue weighted by molar-refractivity contribution is 5.99. The zero-order valence-corrected chi connectivity index (χ0v) is 10.1. The number of benzene rings is 1. The molecule has 0 atom stereocenters. The standard InChI is InChI=1S/C13H19N3O/c1-9-2-5-12(16-14)11(8-9)13(17)15-7-6-10-3-4-10/h2,5,8,10,16H,3-4,6-7,14H2,1H3,(H,15,17). The van der Waals surface area contributed by atoms with Crippen molar-refractivity contribution in [1.29, 1.82) is 0 Å². The maximum absolute atomic E-state index is 12.0. The largest absolute Gasteiger partial charge is 0.352 e. The Morgan fingerprint density at radius 2 is 2.24 bits per heavy atom. The summed E-state index contributed by atoms with van der Waals surface area (Å²) in [4.78, 5) is 12.0. The minimum absolute atomic E-state index is 0.0534. The second-order valence-corrected chi connectivity index (χ2v) is 4.68. The Labute approximate surface area is 102 Å². The highest BCUT2D eigenvalue weighted by Gasteiger charge is 2.21. The first kappa shape index (κ1) is 11.9. The third-order valence-corrected chi connectivity index (χ3v) is 3.11. The van der Waals surface area contributed by atoms with E-state index in [1.54, 1.807) is 0 Å². The molecule has 1 aliphatic rings. The molecule has 2 rings (SSSR count). The number of hydrogen-bond acceptors (Lipinski definition) is 3. The summed E-state index contributed by atoms with van der Waals surface area (Å²) in [6, 6.07) is 5.60. The second kappa shape index (κ2) is 5.19. The van der Waals surface area contributed by atoms with Crippen molar-refractivity contribution in [3.8, 4) is 0 Å². The predicted molar refractivity (Wildman–Crippen MR) is 68.7 cm³/mol. The molecule has 1 aromatic rings. The van der Waals surface area contributed by atoms with Crippen LogP contribution in [0.15, 0.2) is 18.2 Å². The van der Waals surface area contributed by atoms with Gasteiger partial charge in [0, 0.05) is 6.54 Å². The van der Waals surface area contributed by atoms with E-state index in [0.29, 0.717) is 11.3 Å². The number of nitrogens with one attached hydrogen (secondary N) is 2. The van der Waals surface area contributed by atoms with Gasteiger partial charge in [-0.2, -0.15) is 0 Å². The first-order valence-corrected chi connectivity index (χ1v) is 6.06. The van der Waals surface area contributed by atoms with Crippen LogP contribution in [-0.2, 0) is 0 Å². The van der Waals surface area contributed by atoms with Crippen molar-refractivity contribution in [2.24, 2.45) is 11.8 Å². The molecule has 0 spiro atoms. The maximum Gasteiger partial charge on any atom is 0.253 e. The van der Waals surface area contributed by atoms with Crippen LogP contribution in [0.1, 0.15) is 35.2 Å². The van der Waals surface area contributed by atoms with Crippen molar-refractivity contribution in [1.82, 2.24) is 5.32 Å². The second-order valence-electron chi connectivity index (χ2n) is 4.68. The molecular formula is C13H19N3O. The SMILES string of the molecule is Cc1ccc(NN)c(C(=O)NCCC2CC2)c1. The number of nitrogens with two attached hydrogens (primary N) is 1. The summed E-state index contributed by atoms with van der Waals surface area (Å²) in [7, 11) is 0. The summed E-state index contributed by atoms with van der Waals surface area (Å²) in [5, 5.41) is 2.94. The zero-order valence-electron chi connectivity index (χ0n) is 10.1. The van der Waals surface area contributed by atoms with Gasteiger partial charge in [0.15, 0.2) is 0 Å². The molecule has 0 radical (unpaired) electrons. The Bertz CT molecular complexity index is 413. The van der Waals surface area contributed by atoms with Gasteiger partial charge in [-0.1, -0.05) is 24.5 Å². The van der Waals surface area contributed by atoms with Crippen LogP contribution < -0.4 is 16.6 Å². The van der Waals surface area contributed by atoms with Crippen molar-refractivity contribution in [3.63, 3.8) is 0 Å². The molecule has 1 aliphatic carbocycles. The van der Waals surface area contributed by atoms with Gasteiger partial charge in [0.2, 0.25) is 0 Å². The van der Waals surface area contributed by atoms with Gasteiger partial charge >= 0.3 is 0 Å². The number of anilines is 1. The van der Waals surface area contributed by atoms with Crippen LogP contribution in [0, 0.1) is 12.8 Å². The molecular weight excluding hydrogens is 214 g/mol. The van der Waals surface area contributed by atoms with Crippen molar-refractivity contribution in [2.75, 3.05) is 12.0 Å². The van der Waals surface area contributed by atoms with Gasteiger partial charge < -0.3 is 10.7 Å². The smallest absolute Gasteiger partial charge is 0.253 e. The minimum Gasteiger partial charge on any atom is -0.352 e. The van der Waals surface area contributed by atoms with E-state index < -0.39 is 0 Å². The molecule has 1 fully saturated rings.